The summed E-state index contributed by atoms with van der Waals surface area (Å²) >= 11 is 0. The second-order valence-electron chi connectivity index (χ2n) is 11.0. The zero-order valence-corrected chi connectivity index (χ0v) is 24.0. The number of para-hydroxylation sites is 2. The molecule has 1 aliphatic rings. The lowest BCUT2D eigenvalue weighted by Gasteiger charge is -2.40. The van der Waals surface area contributed by atoms with Gasteiger partial charge in [-0.25, -0.2) is 0 Å². The molecular weight excluding hydrogens is 524 g/mol. The molecule has 5 aromatic rings. The molecule has 0 saturated carbocycles. The molecule has 42 heavy (non-hydrogen) atoms. The molecule has 0 bridgehead atoms. The summed E-state index contributed by atoms with van der Waals surface area (Å²) in [5.74, 6) is 0.247. The van der Waals surface area contributed by atoms with Crippen LogP contribution >= 0.6 is 0 Å². The van der Waals surface area contributed by atoms with Gasteiger partial charge in [0.05, 0.1) is 13.2 Å². The molecule has 2 amide bonds. The maximum atomic E-state index is 14.1. The van der Waals surface area contributed by atoms with Crippen molar-refractivity contribution in [2.24, 2.45) is 0 Å². The van der Waals surface area contributed by atoms with E-state index >= 15 is 0 Å². The van der Waals surface area contributed by atoms with Crippen LogP contribution in [-0.4, -0.2) is 54.0 Å². The summed E-state index contributed by atoms with van der Waals surface area (Å²) in [5, 5.41) is 9.91. The number of nitrogens with zero attached hydrogens (tertiary/aromatic N) is 1. The molecule has 4 aromatic carbocycles. The number of ether oxygens (including phenoxy) is 1. The maximum Gasteiger partial charge on any atom is 0.243 e. The van der Waals surface area contributed by atoms with Crippen LogP contribution in [0.4, 0.5) is 0 Å². The number of piperazine rings is 1. The minimum atomic E-state index is -0.680. The average molecular weight is 561 g/mol. The normalized spacial score (nSPS) is 16.9. The number of hydrogen-bond donors (Lipinski definition) is 3. The fourth-order valence-corrected chi connectivity index (χ4v) is 6.16. The number of nitrogens with one attached hydrogen (secondary N) is 3. The van der Waals surface area contributed by atoms with E-state index < -0.39 is 12.1 Å². The van der Waals surface area contributed by atoms with E-state index in [2.05, 4.69) is 52.0 Å². The van der Waals surface area contributed by atoms with Crippen LogP contribution in [0.1, 0.15) is 29.5 Å². The molecule has 3 atom stereocenters. The summed E-state index contributed by atoms with van der Waals surface area (Å²) in [6.07, 6.45) is 2.52. The van der Waals surface area contributed by atoms with Crippen LogP contribution in [0, 0.1) is 0 Å². The lowest BCUT2D eigenvalue weighted by atomic mass is 9.88. The third-order valence-corrected chi connectivity index (χ3v) is 8.45. The maximum absolute atomic E-state index is 14.1. The predicted molar refractivity (Wildman–Crippen MR) is 166 cm³/mol. The van der Waals surface area contributed by atoms with Crippen molar-refractivity contribution in [3.8, 4) is 5.75 Å². The number of rotatable bonds is 9. The van der Waals surface area contributed by atoms with E-state index in [0.29, 0.717) is 31.8 Å². The Labute approximate surface area is 245 Å². The van der Waals surface area contributed by atoms with Crippen LogP contribution in [0.25, 0.3) is 21.7 Å². The first-order valence-corrected chi connectivity index (χ1v) is 14.5. The molecule has 1 aromatic heterocycles. The first kappa shape index (κ1) is 27.5. The summed E-state index contributed by atoms with van der Waals surface area (Å²) in [6, 6.07) is 29.2. The van der Waals surface area contributed by atoms with Crippen molar-refractivity contribution in [1.29, 1.82) is 0 Å². The molecule has 214 valence electrons. The van der Waals surface area contributed by atoms with Gasteiger partial charge in [0.25, 0.3) is 0 Å². The van der Waals surface area contributed by atoms with Crippen molar-refractivity contribution in [2.45, 2.75) is 37.9 Å². The van der Waals surface area contributed by atoms with E-state index in [1.165, 1.54) is 0 Å². The zero-order valence-electron chi connectivity index (χ0n) is 24.0. The van der Waals surface area contributed by atoms with Gasteiger partial charge < -0.3 is 25.3 Å². The highest BCUT2D eigenvalue weighted by atomic mass is 16.5. The van der Waals surface area contributed by atoms with E-state index in [1.54, 1.807) is 12.0 Å². The van der Waals surface area contributed by atoms with Gasteiger partial charge in [-0.2, -0.15) is 0 Å². The highest BCUT2D eigenvalue weighted by Gasteiger charge is 2.40. The second kappa shape index (κ2) is 12.1. The van der Waals surface area contributed by atoms with Crippen LogP contribution in [0.15, 0.2) is 97.2 Å². The number of hydrogen-bond acceptors (Lipinski definition) is 4. The Bertz CT molecular complexity index is 1730. The largest absolute Gasteiger partial charge is 0.496 e. The smallest absolute Gasteiger partial charge is 0.243 e. The number of H-pyrrole nitrogens is 1. The number of carbonyl (C=O) groups is 2. The standard InChI is InChI=1S/C35H36N4O3/c1-23(25-16-15-24-9-3-4-10-26(24)19-25)33(34(40)38-21-27-11-5-8-14-32(27)42-2)39-18-17-36-31(35(39)41)20-28-22-37-30-13-7-6-12-29(28)30/h3-16,19,22-23,31,33,36-37H,17-18,20-21H2,1-2H3,(H,38,40)/t23?,31-,33?/m0/s1. The Hall–Kier alpha value is -4.62. The summed E-state index contributed by atoms with van der Waals surface area (Å²) in [6.45, 7) is 3.41. The number of benzene rings is 4. The molecule has 2 unspecified atom stereocenters. The van der Waals surface area contributed by atoms with E-state index in [-0.39, 0.29) is 17.7 Å². The molecule has 6 rings (SSSR count). The first-order chi connectivity index (χ1) is 20.5. The van der Waals surface area contributed by atoms with Crippen LogP contribution in [0.2, 0.25) is 0 Å². The Kier molecular flexibility index (Phi) is 7.93. The molecule has 0 aliphatic carbocycles. The van der Waals surface area contributed by atoms with Gasteiger partial charge in [0, 0.05) is 48.2 Å². The third kappa shape index (κ3) is 5.48. The molecular formula is C35H36N4O3. The fourth-order valence-electron chi connectivity index (χ4n) is 6.16. The highest BCUT2D eigenvalue weighted by Crippen LogP contribution is 2.29. The van der Waals surface area contributed by atoms with E-state index in [4.69, 9.17) is 4.74 Å². The number of methoxy groups -OCH3 is 1. The molecule has 7 heteroatoms. The quantitative estimate of drug-likeness (QED) is 0.232. The van der Waals surface area contributed by atoms with Gasteiger partial charge in [-0.1, -0.05) is 85.8 Å². The minimum absolute atomic E-state index is 0.0587. The molecule has 0 radical (unpaired) electrons. The summed E-state index contributed by atoms with van der Waals surface area (Å²) < 4.78 is 5.50. The van der Waals surface area contributed by atoms with Crippen LogP contribution < -0.4 is 15.4 Å². The fraction of sp³-hybridized carbons (Fsp3) is 0.257. The number of aromatic amines is 1. The monoisotopic (exact) mass is 560 g/mol. The minimum Gasteiger partial charge on any atom is -0.496 e. The summed E-state index contributed by atoms with van der Waals surface area (Å²) in [7, 11) is 1.62. The van der Waals surface area contributed by atoms with Crippen molar-refractivity contribution in [3.63, 3.8) is 0 Å². The Balaban J connectivity index is 1.30. The lowest BCUT2D eigenvalue weighted by molar-refractivity contribution is -0.145. The van der Waals surface area contributed by atoms with Gasteiger partial charge in [-0.15, -0.1) is 0 Å². The lowest BCUT2D eigenvalue weighted by Crippen LogP contribution is -2.62. The van der Waals surface area contributed by atoms with Crippen molar-refractivity contribution >= 4 is 33.5 Å². The van der Waals surface area contributed by atoms with Gasteiger partial charge in [-0.05, 0) is 40.5 Å². The third-order valence-electron chi connectivity index (χ3n) is 8.45. The van der Waals surface area contributed by atoms with E-state index in [1.807, 2.05) is 67.7 Å². The number of fused-ring (bicyclic) bond motifs is 2. The molecule has 0 spiro atoms. The SMILES string of the molecule is COc1ccccc1CNC(=O)C(C(C)c1ccc2ccccc2c1)N1CCN[C@@H](Cc2c[nH]c3ccccc23)C1=O. The van der Waals surface area contributed by atoms with Crippen LogP contribution in [0.3, 0.4) is 0 Å². The van der Waals surface area contributed by atoms with Gasteiger partial charge in [0.1, 0.15) is 11.8 Å². The van der Waals surface area contributed by atoms with Crippen molar-refractivity contribution in [2.75, 3.05) is 20.2 Å². The Morgan fingerprint density at radius 2 is 1.74 bits per heavy atom. The van der Waals surface area contributed by atoms with Crippen molar-refractivity contribution in [3.05, 3.63) is 114 Å². The molecule has 3 N–H and O–H groups in total. The average Bonchev–Trinajstić information content (AvgIpc) is 3.44. The Morgan fingerprint density at radius 3 is 2.60 bits per heavy atom. The second-order valence-corrected chi connectivity index (χ2v) is 11.0. The Morgan fingerprint density at radius 1 is 0.976 bits per heavy atom. The van der Waals surface area contributed by atoms with Crippen molar-refractivity contribution < 1.29 is 14.3 Å². The topological polar surface area (TPSA) is 86.5 Å². The molecule has 2 heterocycles. The van der Waals surface area contributed by atoms with Gasteiger partial charge in [0.15, 0.2) is 0 Å². The molecule has 1 aliphatic heterocycles. The molecule has 1 fully saturated rings. The van der Waals surface area contributed by atoms with Gasteiger partial charge in [0.2, 0.25) is 11.8 Å². The van der Waals surface area contributed by atoms with Crippen molar-refractivity contribution in [1.82, 2.24) is 20.5 Å². The van der Waals surface area contributed by atoms with Gasteiger partial charge >= 0.3 is 0 Å². The number of amides is 2. The number of carbonyl (C=O) groups excluding carboxylic acids is 2. The summed E-state index contributed by atoms with van der Waals surface area (Å²) in [4.78, 5) is 33.3. The molecule has 1 saturated heterocycles. The van der Waals surface area contributed by atoms with Crippen LogP contribution in [-0.2, 0) is 22.6 Å². The molecule has 7 nitrogen and oxygen atoms in total. The zero-order chi connectivity index (χ0) is 29.1. The van der Waals surface area contributed by atoms with E-state index in [9.17, 15) is 9.59 Å². The highest BCUT2D eigenvalue weighted by molar-refractivity contribution is 5.92. The van der Waals surface area contributed by atoms with Crippen LogP contribution in [0.5, 0.6) is 5.75 Å². The first-order valence-electron chi connectivity index (χ1n) is 14.5. The number of aromatic nitrogens is 1. The predicted octanol–water partition coefficient (Wildman–Crippen LogP) is 5.16. The van der Waals surface area contributed by atoms with Gasteiger partial charge in [-0.3, -0.25) is 9.59 Å². The summed E-state index contributed by atoms with van der Waals surface area (Å²) in [5.41, 5.74) is 4.03. The van der Waals surface area contributed by atoms with E-state index in [0.717, 1.165) is 38.4 Å².